The zero-order valence-corrected chi connectivity index (χ0v) is 19.5. The van der Waals surface area contributed by atoms with E-state index >= 15 is 0 Å². The van der Waals surface area contributed by atoms with Crippen LogP contribution in [0.3, 0.4) is 0 Å². The highest BCUT2D eigenvalue weighted by atomic mass is 16.5. The zero-order chi connectivity index (χ0) is 23.3. The van der Waals surface area contributed by atoms with Crippen LogP contribution in [0.25, 0.3) is 21.5 Å². The lowest BCUT2D eigenvalue weighted by atomic mass is 10.0. The van der Waals surface area contributed by atoms with E-state index in [0.29, 0.717) is 24.7 Å². The third-order valence-electron chi connectivity index (χ3n) is 5.71. The van der Waals surface area contributed by atoms with Gasteiger partial charge in [-0.2, -0.15) is 0 Å². The quantitative estimate of drug-likeness (QED) is 0.226. The Morgan fingerprint density at radius 3 is 1.88 bits per heavy atom. The lowest BCUT2D eigenvalue weighted by molar-refractivity contribution is 0.243. The molecule has 0 saturated carbocycles. The van der Waals surface area contributed by atoms with E-state index in [0.717, 1.165) is 38.4 Å². The second-order valence-corrected chi connectivity index (χ2v) is 8.63. The average molecular weight is 449 g/mol. The molecule has 3 heteroatoms. The van der Waals surface area contributed by atoms with Crippen LogP contribution < -0.4 is 14.2 Å². The molecule has 0 aromatic heterocycles. The summed E-state index contributed by atoms with van der Waals surface area (Å²) in [6.45, 7) is 5.00. The molecule has 0 aliphatic heterocycles. The monoisotopic (exact) mass is 448 g/mol. The highest BCUT2D eigenvalue weighted by Crippen LogP contribution is 2.45. The van der Waals surface area contributed by atoms with Crippen LogP contribution in [0.5, 0.6) is 17.2 Å². The van der Waals surface area contributed by atoms with Crippen LogP contribution in [-0.2, 0) is 13.2 Å². The Labute approximate surface area is 200 Å². The second-order valence-electron chi connectivity index (χ2n) is 8.63. The standard InChI is InChI=1S/C31H28O3/c1-22(2)34-30-27-16-10-9-15-25(27)19-26-17-18-28(32-20-23-11-5-3-6-12-23)31(29(26)30)33-21-24-13-7-4-8-14-24/h3-19,22H,20-21H2,1-2H3. The van der Waals surface area contributed by atoms with Crippen LogP contribution in [0.1, 0.15) is 25.0 Å². The van der Waals surface area contributed by atoms with Gasteiger partial charge in [-0.25, -0.2) is 0 Å². The first kappa shape index (κ1) is 21.8. The molecule has 0 aliphatic rings. The Balaban J connectivity index is 1.65. The summed E-state index contributed by atoms with van der Waals surface area (Å²) in [6.07, 6.45) is 0.0184. The Morgan fingerprint density at radius 2 is 1.21 bits per heavy atom. The molecule has 3 nitrogen and oxygen atoms in total. The molecule has 5 aromatic carbocycles. The van der Waals surface area contributed by atoms with Crippen LogP contribution in [0, 0.1) is 0 Å². The molecular formula is C31H28O3. The van der Waals surface area contributed by atoms with Gasteiger partial charge in [0.25, 0.3) is 0 Å². The van der Waals surface area contributed by atoms with Gasteiger partial charge in [-0.3, -0.25) is 0 Å². The van der Waals surface area contributed by atoms with Crippen molar-refractivity contribution in [1.29, 1.82) is 0 Å². The summed E-state index contributed by atoms with van der Waals surface area (Å²) in [4.78, 5) is 0. The first-order valence-electron chi connectivity index (χ1n) is 11.7. The number of hydrogen-bond acceptors (Lipinski definition) is 3. The first-order chi connectivity index (χ1) is 16.7. The van der Waals surface area contributed by atoms with Crippen molar-refractivity contribution >= 4 is 21.5 Å². The number of hydrogen-bond donors (Lipinski definition) is 0. The fourth-order valence-corrected chi connectivity index (χ4v) is 4.15. The molecule has 0 heterocycles. The van der Waals surface area contributed by atoms with E-state index in [2.05, 4.69) is 54.6 Å². The van der Waals surface area contributed by atoms with Crippen molar-refractivity contribution in [2.45, 2.75) is 33.2 Å². The van der Waals surface area contributed by atoms with Gasteiger partial charge >= 0.3 is 0 Å². The third-order valence-corrected chi connectivity index (χ3v) is 5.71. The summed E-state index contributed by atoms with van der Waals surface area (Å²) >= 11 is 0. The normalized spacial score (nSPS) is 11.1. The average Bonchev–Trinajstić information content (AvgIpc) is 2.87. The predicted molar refractivity (Wildman–Crippen MR) is 139 cm³/mol. The highest BCUT2D eigenvalue weighted by molar-refractivity contribution is 6.08. The number of fused-ring (bicyclic) bond motifs is 2. The van der Waals surface area contributed by atoms with E-state index in [-0.39, 0.29) is 6.10 Å². The second kappa shape index (κ2) is 9.88. The lowest BCUT2D eigenvalue weighted by Crippen LogP contribution is -2.08. The van der Waals surface area contributed by atoms with Crippen molar-refractivity contribution in [3.63, 3.8) is 0 Å². The van der Waals surface area contributed by atoms with E-state index in [4.69, 9.17) is 14.2 Å². The summed E-state index contributed by atoms with van der Waals surface area (Å²) in [5.74, 6) is 2.24. The predicted octanol–water partition coefficient (Wildman–Crippen LogP) is 7.94. The molecule has 0 radical (unpaired) electrons. The first-order valence-corrected chi connectivity index (χ1v) is 11.7. The van der Waals surface area contributed by atoms with Gasteiger partial charge in [-0.1, -0.05) is 91.0 Å². The van der Waals surface area contributed by atoms with Crippen molar-refractivity contribution in [3.05, 3.63) is 114 Å². The van der Waals surface area contributed by atoms with E-state index in [1.54, 1.807) is 0 Å². The summed E-state index contributed by atoms with van der Waals surface area (Å²) in [6, 6.07) is 35.0. The van der Waals surface area contributed by atoms with Gasteiger partial charge in [0.1, 0.15) is 19.0 Å². The van der Waals surface area contributed by atoms with Crippen molar-refractivity contribution in [2.75, 3.05) is 0 Å². The van der Waals surface area contributed by atoms with Gasteiger partial charge in [-0.05, 0) is 47.9 Å². The molecule has 0 amide bonds. The Bertz CT molecular complexity index is 1390. The molecule has 0 N–H and O–H groups in total. The fraction of sp³-hybridized carbons (Fsp3) is 0.161. The largest absolute Gasteiger partial charge is 0.490 e. The summed E-state index contributed by atoms with van der Waals surface area (Å²) in [5, 5.41) is 4.20. The van der Waals surface area contributed by atoms with Gasteiger partial charge in [0.05, 0.1) is 11.5 Å². The number of ether oxygens (including phenoxy) is 3. The third kappa shape index (κ3) is 4.69. The molecule has 0 bridgehead atoms. The maximum absolute atomic E-state index is 6.49. The fourth-order valence-electron chi connectivity index (χ4n) is 4.15. The lowest BCUT2D eigenvalue weighted by Gasteiger charge is -2.20. The number of rotatable bonds is 8. The van der Waals surface area contributed by atoms with Gasteiger partial charge in [0, 0.05) is 5.39 Å². The minimum Gasteiger partial charge on any atom is -0.490 e. The highest BCUT2D eigenvalue weighted by Gasteiger charge is 2.19. The molecule has 5 aromatic rings. The van der Waals surface area contributed by atoms with E-state index in [1.165, 1.54) is 0 Å². The van der Waals surface area contributed by atoms with Gasteiger partial charge in [0.15, 0.2) is 11.5 Å². The molecular weight excluding hydrogens is 420 g/mol. The van der Waals surface area contributed by atoms with E-state index in [1.807, 2.05) is 62.4 Å². The summed E-state index contributed by atoms with van der Waals surface area (Å²) < 4.78 is 19.2. The molecule has 0 fully saturated rings. The molecule has 5 rings (SSSR count). The smallest absolute Gasteiger partial charge is 0.173 e. The molecule has 0 atom stereocenters. The van der Waals surface area contributed by atoms with Gasteiger partial charge in [-0.15, -0.1) is 0 Å². The van der Waals surface area contributed by atoms with Crippen LogP contribution in [0.15, 0.2) is 103 Å². The Hall–Kier alpha value is -3.98. The van der Waals surface area contributed by atoms with Crippen LogP contribution >= 0.6 is 0 Å². The van der Waals surface area contributed by atoms with E-state index < -0.39 is 0 Å². The van der Waals surface area contributed by atoms with Crippen molar-refractivity contribution in [2.24, 2.45) is 0 Å². The summed E-state index contributed by atoms with van der Waals surface area (Å²) in [7, 11) is 0. The van der Waals surface area contributed by atoms with E-state index in [9.17, 15) is 0 Å². The van der Waals surface area contributed by atoms with Crippen molar-refractivity contribution < 1.29 is 14.2 Å². The maximum Gasteiger partial charge on any atom is 0.173 e. The molecule has 34 heavy (non-hydrogen) atoms. The van der Waals surface area contributed by atoms with Crippen LogP contribution in [0.2, 0.25) is 0 Å². The molecule has 170 valence electrons. The van der Waals surface area contributed by atoms with Gasteiger partial charge < -0.3 is 14.2 Å². The van der Waals surface area contributed by atoms with Gasteiger partial charge in [0.2, 0.25) is 0 Å². The minimum atomic E-state index is 0.0184. The minimum absolute atomic E-state index is 0.0184. The maximum atomic E-state index is 6.49. The number of benzene rings is 5. The molecule has 0 spiro atoms. The SMILES string of the molecule is CC(C)Oc1c2ccccc2cc2ccc(OCc3ccccc3)c(OCc3ccccc3)c12. The molecule has 0 aliphatic carbocycles. The van der Waals surface area contributed by atoms with Crippen LogP contribution in [0.4, 0.5) is 0 Å². The summed E-state index contributed by atoms with van der Waals surface area (Å²) in [5.41, 5.74) is 2.20. The molecule has 0 unspecified atom stereocenters. The molecule has 0 saturated heterocycles. The zero-order valence-electron chi connectivity index (χ0n) is 19.5. The van der Waals surface area contributed by atoms with Crippen molar-refractivity contribution in [3.8, 4) is 17.2 Å². The Kier molecular flexibility index (Phi) is 6.35. The van der Waals surface area contributed by atoms with Crippen LogP contribution in [-0.4, -0.2) is 6.10 Å². The Morgan fingerprint density at radius 1 is 0.588 bits per heavy atom. The van der Waals surface area contributed by atoms with Crippen molar-refractivity contribution in [1.82, 2.24) is 0 Å². The topological polar surface area (TPSA) is 27.7 Å².